The van der Waals surface area contributed by atoms with E-state index in [1.165, 1.54) is 12.1 Å². The fourth-order valence-electron chi connectivity index (χ4n) is 2.42. The van der Waals surface area contributed by atoms with Crippen molar-refractivity contribution >= 4 is 5.97 Å². The fraction of sp³-hybridized carbons (Fsp3) is 0.400. The van der Waals surface area contributed by atoms with Crippen molar-refractivity contribution in [2.45, 2.75) is 39.4 Å². The van der Waals surface area contributed by atoms with Crippen LogP contribution >= 0.6 is 0 Å². The summed E-state index contributed by atoms with van der Waals surface area (Å²) in [5, 5.41) is 16.4. The second kappa shape index (κ2) is 5.01. The number of fused-ring (bicyclic) bond motifs is 1. The molecule has 0 fully saturated rings. The van der Waals surface area contributed by atoms with Crippen LogP contribution in [-0.2, 0) is 13.0 Å². The van der Waals surface area contributed by atoms with Crippen molar-refractivity contribution in [3.05, 3.63) is 34.7 Å². The van der Waals surface area contributed by atoms with Crippen LogP contribution in [0.2, 0.25) is 0 Å². The van der Waals surface area contributed by atoms with E-state index in [-0.39, 0.29) is 17.8 Å². The zero-order valence-electron chi connectivity index (χ0n) is 12.5. The van der Waals surface area contributed by atoms with Gasteiger partial charge in [-0.3, -0.25) is 0 Å². The molecule has 7 nitrogen and oxygen atoms in total. The van der Waals surface area contributed by atoms with E-state index in [1.54, 1.807) is 6.92 Å². The van der Waals surface area contributed by atoms with Crippen LogP contribution in [0.25, 0.3) is 0 Å². The van der Waals surface area contributed by atoms with Gasteiger partial charge in [0.05, 0.1) is 5.56 Å². The molecule has 3 rings (SSSR count). The maximum absolute atomic E-state index is 11.3. The number of aryl methyl sites for hydroxylation is 1. The number of benzene rings is 1. The molecule has 0 bridgehead atoms. The number of carboxylic acid groups (broad SMARTS) is 1. The summed E-state index contributed by atoms with van der Waals surface area (Å²) in [6.07, 6.45) is 0.644. The molecule has 1 aromatic heterocycles. The molecular weight excluding hydrogens is 288 g/mol. The molecule has 116 valence electrons. The largest absolute Gasteiger partial charge is 0.487 e. The SMILES string of the molecule is Cc1nnoc1COc1cc(C(=O)O)cc2c1CC(C)(C)O2. The highest BCUT2D eigenvalue weighted by Crippen LogP contribution is 2.41. The highest BCUT2D eigenvalue weighted by Gasteiger charge is 2.33. The second-order valence-corrected chi connectivity index (χ2v) is 5.86. The molecule has 2 aromatic rings. The lowest BCUT2D eigenvalue weighted by atomic mass is 10.00. The van der Waals surface area contributed by atoms with Crippen molar-refractivity contribution in [2.75, 3.05) is 0 Å². The summed E-state index contributed by atoms with van der Waals surface area (Å²) < 4.78 is 16.5. The van der Waals surface area contributed by atoms with Crippen molar-refractivity contribution in [3.8, 4) is 11.5 Å². The zero-order chi connectivity index (χ0) is 15.9. The predicted octanol–water partition coefficient (Wildman–Crippen LogP) is 2.37. The minimum Gasteiger partial charge on any atom is -0.487 e. The molecule has 1 aliphatic rings. The summed E-state index contributed by atoms with van der Waals surface area (Å²) in [6.45, 7) is 5.79. The highest BCUT2D eigenvalue weighted by atomic mass is 16.5. The van der Waals surface area contributed by atoms with Gasteiger partial charge in [0.15, 0.2) is 12.4 Å². The molecule has 1 aromatic carbocycles. The van der Waals surface area contributed by atoms with Gasteiger partial charge in [0.2, 0.25) is 0 Å². The third-order valence-corrected chi connectivity index (χ3v) is 3.51. The average molecular weight is 304 g/mol. The first-order chi connectivity index (χ1) is 10.4. The first kappa shape index (κ1) is 14.4. The van der Waals surface area contributed by atoms with Gasteiger partial charge in [-0.25, -0.2) is 4.79 Å². The smallest absolute Gasteiger partial charge is 0.335 e. The van der Waals surface area contributed by atoms with Gasteiger partial charge in [-0.1, -0.05) is 0 Å². The van der Waals surface area contributed by atoms with E-state index in [0.29, 0.717) is 29.4 Å². The highest BCUT2D eigenvalue weighted by molar-refractivity contribution is 5.89. The van der Waals surface area contributed by atoms with Crippen LogP contribution in [-0.4, -0.2) is 27.0 Å². The molecule has 0 spiro atoms. The van der Waals surface area contributed by atoms with E-state index in [0.717, 1.165) is 5.56 Å². The topological polar surface area (TPSA) is 94.7 Å². The molecule has 0 amide bonds. The first-order valence-corrected chi connectivity index (χ1v) is 6.85. The van der Waals surface area contributed by atoms with Gasteiger partial charge in [0, 0.05) is 17.3 Å². The van der Waals surface area contributed by atoms with Gasteiger partial charge in [-0.15, -0.1) is 5.10 Å². The predicted molar refractivity (Wildman–Crippen MR) is 75.2 cm³/mol. The molecule has 0 saturated carbocycles. The summed E-state index contributed by atoms with van der Waals surface area (Å²) in [5.41, 5.74) is 1.24. The average Bonchev–Trinajstić information content (AvgIpc) is 2.97. The van der Waals surface area contributed by atoms with Gasteiger partial charge in [0.1, 0.15) is 22.8 Å². The Balaban J connectivity index is 1.93. The standard InChI is InChI=1S/C15H16N2O5/c1-8-13(22-17-16-8)7-20-11-4-9(14(18)19)5-12-10(11)6-15(2,3)21-12/h4-5H,6-7H2,1-3H3,(H,18,19). The Kier molecular flexibility index (Phi) is 3.27. The Morgan fingerprint density at radius 2 is 2.23 bits per heavy atom. The Hall–Kier alpha value is -2.57. The molecule has 0 aliphatic carbocycles. The minimum absolute atomic E-state index is 0.124. The van der Waals surface area contributed by atoms with Crippen molar-refractivity contribution in [1.82, 2.24) is 10.4 Å². The number of hydrogen-bond acceptors (Lipinski definition) is 6. The molecule has 0 atom stereocenters. The van der Waals surface area contributed by atoms with Gasteiger partial charge in [-0.2, -0.15) is 0 Å². The van der Waals surface area contributed by atoms with Crippen molar-refractivity contribution in [1.29, 1.82) is 0 Å². The Morgan fingerprint density at radius 3 is 2.86 bits per heavy atom. The van der Waals surface area contributed by atoms with Gasteiger partial charge < -0.3 is 19.1 Å². The van der Waals surface area contributed by atoms with Crippen LogP contribution in [0.3, 0.4) is 0 Å². The molecular formula is C15H16N2O5. The number of nitrogens with zero attached hydrogens (tertiary/aromatic N) is 2. The van der Waals surface area contributed by atoms with Crippen LogP contribution in [0.15, 0.2) is 16.7 Å². The summed E-state index contributed by atoms with van der Waals surface area (Å²) in [5.74, 6) is 0.509. The number of ether oxygens (including phenoxy) is 2. The van der Waals surface area contributed by atoms with Crippen LogP contribution in [0.5, 0.6) is 11.5 Å². The third kappa shape index (κ3) is 2.61. The van der Waals surface area contributed by atoms with E-state index < -0.39 is 5.97 Å². The zero-order valence-corrected chi connectivity index (χ0v) is 12.5. The summed E-state index contributed by atoms with van der Waals surface area (Å²) in [6, 6.07) is 3.03. The summed E-state index contributed by atoms with van der Waals surface area (Å²) in [7, 11) is 0. The molecule has 1 aliphatic heterocycles. The lowest BCUT2D eigenvalue weighted by Crippen LogP contribution is -2.24. The quantitative estimate of drug-likeness (QED) is 0.926. The van der Waals surface area contributed by atoms with E-state index in [4.69, 9.17) is 14.0 Å². The first-order valence-electron chi connectivity index (χ1n) is 6.85. The molecule has 7 heteroatoms. The maximum Gasteiger partial charge on any atom is 0.335 e. The van der Waals surface area contributed by atoms with Crippen LogP contribution in [0, 0.1) is 6.92 Å². The minimum atomic E-state index is -1.03. The molecule has 2 heterocycles. The molecule has 1 N–H and O–H groups in total. The van der Waals surface area contributed by atoms with E-state index in [2.05, 4.69) is 10.4 Å². The number of rotatable bonds is 4. The van der Waals surface area contributed by atoms with Crippen LogP contribution < -0.4 is 9.47 Å². The van der Waals surface area contributed by atoms with Gasteiger partial charge >= 0.3 is 5.97 Å². The lowest BCUT2D eigenvalue weighted by Gasteiger charge is -2.16. The maximum atomic E-state index is 11.3. The summed E-state index contributed by atoms with van der Waals surface area (Å²) in [4.78, 5) is 11.3. The number of aromatic carboxylic acids is 1. The molecule has 0 unspecified atom stereocenters. The van der Waals surface area contributed by atoms with Gasteiger partial charge in [0.25, 0.3) is 0 Å². The van der Waals surface area contributed by atoms with Crippen LogP contribution in [0.1, 0.15) is 41.2 Å². The van der Waals surface area contributed by atoms with Crippen molar-refractivity contribution in [2.24, 2.45) is 0 Å². The fourth-order valence-corrected chi connectivity index (χ4v) is 2.42. The number of hydrogen-bond donors (Lipinski definition) is 1. The van der Waals surface area contributed by atoms with E-state index in [9.17, 15) is 9.90 Å². The molecule has 0 saturated heterocycles. The lowest BCUT2D eigenvalue weighted by molar-refractivity contribution is 0.0695. The van der Waals surface area contributed by atoms with Crippen molar-refractivity contribution < 1.29 is 23.9 Å². The van der Waals surface area contributed by atoms with Crippen LogP contribution in [0.4, 0.5) is 0 Å². The Morgan fingerprint density at radius 1 is 1.45 bits per heavy atom. The number of carbonyl (C=O) groups is 1. The van der Waals surface area contributed by atoms with Crippen molar-refractivity contribution in [3.63, 3.8) is 0 Å². The third-order valence-electron chi connectivity index (χ3n) is 3.51. The van der Waals surface area contributed by atoms with Gasteiger partial charge in [-0.05, 0) is 32.9 Å². The summed E-state index contributed by atoms with van der Waals surface area (Å²) >= 11 is 0. The van der Waals surface area contributed by atoms with E-state index in [1.807, 2.05) is 13.8 Å². The van der Waals surface area contributed by atoms with E-state index >= 15 is 0 Å². The Bertz CT molecular complexity index is 736. The Labute approximate surface area is 126 Å². The monoisotopic (exact) mass is 304 g/mol. The molecule has 0 radical (unpaired) electrons. The number of aromatic nitrogens is 2. The second-order valence-electron chi connectivity index (χ2n) is 5.86. The number of carboxylic acids is 1. The molecule has 22 heavy (non-hydrogen) atoms. The normalized spacial score (nSPS) is 15.2.